The fourth-order valence-electron chi connectivity index (χ4n) is 4.30. The van der Waals surface area contributed by atoms with Gasteiger partial charge in [0.1, 0.15) is 17.3 Å². The lowest BCUT2D eigenvalue weighted by molar-refractivity contribution is -0.142. The average molecular weight is 510 g/mol. The van der Waals surface area contributed by atoms with E-state index in [2.05, 4.69) is 23.1 Å². The first-order chi connectivity index (χ1) is 16.4. The Balaban J connectivity index is 1.60. The van der Waals surface area contributed by atoms with Gasteiger partial charge in [0.2, 0.25) is 11.9 Å². The Labute approximate surface area is 211 Å². The Kier molecular flexibility index (Phi) is 5.93. The first-order valence-corrected chi connectivity index (χ1v) is 12.2. The number of hydrogen-bond acceptors (Lipinski definition) is 7. The summed E-state index contributed by atoms with van der Waals surface area (Å²) in [5, 5.41) is 7.38. The van der Waals surface area contributed by atoms with E-state index in [4.69, 9.17) is 16.6 Å². The number of amides is 1. The van der Waals surface area contributed by atoms with E-state index in [1.165, 1.54) is 15.6 Å². The molecule has 2 atom stereocenters. The van der Waals surface area contributed by atoms with Crippen LogP contribution >= 0.6 is 35.8 Å². The van der Waals surface area contributed by atoms with Crippen LogP contribution in [-0.2, 0) is 22.2 Å². The highest BCUT2D eigenvalue weighted by molar-refractivity contribution is 7.78. The molecule has 2 unspecified atom stereocenters. The van der Waals surface area contributed by atoms with Crippen molar-refractivity contribution in [2.24, 2.45) is 7.05 Å². The highest BCUT2D eigenvalue weighted by Gasteiger charge is 2.53. The number of rotatable bonds is 5. The van der Waals surface area contributed by atoms with Crippen molar-refractivity contribution in [3.8, 4) is 0 Å². The van der Waals surface area contributed by atoms with E-state index in [9.17, 15) is 9.59 Å². The molecule has 5 rings (SSSR count). The summed E-state index contributed by atoms with van der Waals surface area (Å²) in [4.78, 5) is 36.3. The Bertz CT molecular complexity index is 1370. The van der Waals surface area contributed by atoms with Crippen molar-refractivity contribution >= 4 is 59.2 Å². The summed E-state index contributed by atoms with van der Waals surface area (Å²) < 4.78 is 3.17. The summed E-state index contributed by atoms with van der Waals surface area (Å²) in [6.45, 7) is 0. The van der Waals surface area contributed by atoms with Gasteiger partial charge in [-0.1, -0.05) is 48.7 Å². The van der Waals surface area contributed by atoms with Crippen molar-refractivity contribution in [2.45, 2.75) is 17.9 Å². The van der Waals surface area contributed by atoms with E-state index < -0.39 is 17.4 Å². The monoisotopic (exact) mass is 509 g/mol. The van der Waals surface area contributed by atoms with Crippen molar-refractivity contribution in [3.63, 3.8) is 0 Å². The van der Waals surface area contributed by atoms with Crippen LogP contribution in [0.25, 0.3) is 0 Å². The topological polar surface area (TPSA) is 80.1 Å². The maximum atomic E-state index is 13.7. The highest BCUT2D eigenvalue weighted by atomic mass is 35.5. The zero-order chi connectivity index (χ0) is 23.9. The number of thiophene rings is 1. The van der Waals surface area contributed by atoms with Gasteiger partial charge >= 0.3 is 0 Å². The van der Waals surface area contributed by atoms with Gasteiger partial charge in [0, 0.05) is 30.9 Å². The van der Waals surface area contributed by atoms with Crippen LogP contribution < -0.4 is 5.32 Å². The molecule has 1 aliphatic heterocycles. The Morgan fingerprint density at radius 3 is 2.71 bits per heavy atom. The van der Waals surface area contributed by atoms with Crippen molar-refractivity contribution in [1.29, 1.82) is 0 Å². The molecule has 1 N–H and O–H groups in total. The number of aromatic nitrogens is 3. The van der Waals surface area contributed by atoms with Crippen LogP contribution in [0, 0.1) is 0 Å². The van der Waals surface area contributed by atoms with E-state index >= 15 is 0 Å². The van der Waals surface area contributed by atoms with E-state index in [1.54, 1.807) is 42.6 Å². The number of piperidine rings is 1. The lowest BCUT2D eigenvalue weighted by atomic mass is 9.75. The number of imidazole rings is 1. The number of halogens is 1. The molecule has 4 aromatic rings. The van der Waals surface area contributed by atoms with Crippen LogP contribution in [0.4, 0.5) is 11.8 Å². The second-order valence-corrected chi connectivity index (χ2v) is 9.60. The predicted octanol–water partition coefficient (Wildman–Crippen LogP) is 4.95. The van der Waals surface area contributed by atoms with Crippen molar-refractivity contribution < 1.29 is 9.59 Å². The van der Waals surface area contributed by atoms with Crippen LogP contribution in [0.1, 0.15) is 29.2 Å². The minimum Gasteiger partial charge on any atom is -0.320 e. The van der Waals surface area contributed by atoms with Gasteiger partial charge in [-0.05, 0) is 46.2 Å². The van der Waals surface area contributed by atoms with Gasteiger partial charge in [-0.25, -0.2) is 9.97 Å². The summed E-state index contributed by atoms with van der Waals surface area (Å²) >= 11 is 12.5. The Hall–Kier alpha value is -3.14. The fourth-order valence-corrected chi connectivity index (χ4v) is 5.67. The number of carbonyl (C=O) groups is 2. The van der Waals surface area contributed by atoms with E-state index in [0.717, 1.165) is 5.56 Å². The smallest absolute Gasteiger partial charge is 0.248 e. The first kappa shape index (κ1) is 22.6. The van der Waals surface area contributed by atoms with Gasteiger partial charge in [0.25, 0.3) is 0 Å². The van der Waals surface area contributed by atoms with E-state index in [1.807, 2.05) is 40.7 Å². The minimum atomic E-state index is -1.17. The number of benzene rings is 1. The maximum Gasteiger partial charge on any atom is 0.248 e. The molecule has 3 aromatic heterocycles. The van der Waals surface area contributed by atoms with Crippen LogP contribution in [0.5, 0.6) is 0 Å². The molecular formula is C24H20ClN5O2S2. The van der Waals surface area contributed by atoms with Crippen LogP contribution in [-0.4, -0.2) is 30.5 Å². The number of pyridine rings is 1. The number of Topliss-reactive ketones (excluding diaryl/α,β-unsaturated/α-hetero) is 1. The molecule has 0 aliphatic carbocycles. The standard InChI is InChI=1S/C24H20ClN5O2S2/c1-29-11-10-26-23(29)28-20-8-4-7-19(27-20)24(15-9-12-34-14-15)13-18(31)21(22(32)30(24)33)16-5-2-3-6-17(16)25/h2-12,14,21,33H,13H2,1H3,(H,26,27,28). The summed E-state index contributed by atoms with van der Waals surface area (Å²) in [5.74, 6) is -0.545. The summed E-state index contributed by atoms with van der Waals surface area (Å²) in [5.41, 5.74) is 0.608. The third kappa shape index (κ3) is 3.70. The second kappa shape index (κ2) is 8.90. The van der Waals surface area contributed by atoms with E-state index in [-0.39, 0.29) is 12.2 Å². The van der Waals surface area contributed by atoms with E-state index in [0.29, 0.717) is 28.0 Å². The number of nitrogens with one attached hydrogen (secondary N) is 1. The zero-order valence-electron chi connectivity index (χ0n) is 18.1. The summed E-state index contributed by atoms with van der Waals surface area (Å²) in [6.07, 6.45) is 3.51. The lowest BCUT2D eigenvalue weighted by Gasteiger charge is -2.45. The Morgan fingerprint density at radius 2 is 2.00 bits per heavy atom. The number of thiol groups is 1. The molecule has 7 nitrogen and oxygen atoms in total. The SMILES string of the molecule is Cn1ccnc1Nc1cccc(C2(c3ccsc3)CC(=O)C(c3ccccc3Cl)C(=O)N2S)n1. The normalized spacial score (nSPS) is 20.6. The van der Waals surface area contributed by atoms with Crippen molar-refractivity contribution in [3.05, 3.63) is 93.5 Å². The molecule has 1 amide bonds. The number of anilines is 2. The van der Waals surface area contributed by atoms with Gasteiger partial charge < -0.3 is 9.88 Å². The minimum absolute atomic E-state index is 0.00766. The first-order valence-electron chi connectivity index (χ1n) is 10.5. The van der Waals surface area contributed by atoms with Crippen molar-refractivity contribution in [2.75, 3.05) is 5.32 Å². The third-order valence-corrected chi connectivity index (χ3v) is 7.58. The number of hydrogen-bond donors (Lipinski definition) is 2. The fraction of sp³-hybridized carbons (Fsp3) is 0.167. The van der Waals surface area contributed by atoms with Gasteiger partial charge in [-0.2, -0.15) is 11.3 Å². The predicted molar refractivity (Wildman–Crippen MR) is 135 cm³/mol. The van der Waals surface area contributed by atoms with Crippen LogP contribution in [0.3, 0.4) is 0 Å². The molecule has 1 saturated heterocycles. The largest absolute Gasteiger partial charge is 0.320 e. The van der Waals surface area contributed by atoms with Crippen LogP contribution in [0.15, 0.2) is 71.7 Å². The molecule has 172 valence electrons. The lowest BCUT2D eigenvalue weighted by Crippen LogP contribution is -2.54. The molecule has 0 saturated carbocycles. The molecular weight excluding hydrogens is 490 g/mol. The molecule has 1 aromatic carbocycles. The molecule has 0 spiro atoms. The van der Waals surface area contributed by atoms with Gasteiger partial charge in [0.05, 0.1) is 5.69 Å². The highest BCUT2D eigenvalue weighted by Crippen LogP contribution is 2.48. The molecule has 0 radical (unpaired) electrons. The molecule has 4 heterocycles. The molecule has 1 aliphatic rings. The number of aryl methyl sites for hydroxylation is 1. The quantitative estimate of drug-likeness (QED) is 0.294. The molecule has 0 bridgehead atoms. The summed E-state index contributed by atoms with van der Waals surface area (Å²) in [7, 11) is 1.87. The Morgan fingerprint density at radius 1 is 1.18 bits per heavy atom. The summed E-state index contributed by atoms with van der Waals surface area (Å²) in [6, 6.07) is 14.2. The maximum absolute atomic E-state index is 13.7. The zero-order valence-corrected chi connectivity index (χ0v) is 20.5. The molecule has 1 fully saturated rings. The van der Waals surface area contributed by atoms with Gasteiger partial charge in [0.15, 0.2) is 5.78 Å². The number of nitrogens with zero attached hydrogens (tertiary/aromatic N) is 4. The van der Waals surface area contributed by atoms with Gasteiger partial charge in [-0.3, -0.25) is 13.9 Å². The number of carbonyl (C=O) groups excluding carboxylic acids is 2. The molecule has 10 heteroatoms. The van der Waals surface area contributed by atoms with Gasteiger partial charge in [-0.15, -0.1) is 0 Å². The second-order valence-electron chi connectivity index (χ2n) is 8.01. The third-order valence-electron chi connectivity index (χ3n) is 6.02. The van der Waals surface area contributed by atoms with Crippen LogP contribution in [0.2, 0.25) is 5.02 Å². The average Bonchev–Trinajstić information content (AvgIpc) is 3.51. The molecule has 34 heavy (non-hydrogen) atoms. The number of ketones is 1. The van der Waals surface area contributed by atoms with Crippen molar-refractivity contribution in [1.82, 2.24) is 18.8 Å².